The number of rotatable bonds is 7. The summed E-state index contributed by atoms with van der Waals surface area (Å²) in [5, 5.41) is 4.66. The van der Waals surface area contributed by atoms with Gasteiger partial charge in [-0.25, -0.2) is 14.4 Å². The van der Waals surface area contributed by atoms with Gasteiger partial charge >= 0.3 is 17.7 Å². The summed E-state index contributed by atoms with van der Waals surface area (Å²) in [6.45, 7) is 5.83. The largest absolute Gasteiger partial charge is 0.445 e. The number of hydrogen-bond donors (Lipinski definition) is 1. The Balaban J connectivity index is 1.53. The van der Waals surface area contributed by atoms with Crippen LogP contribution < -0.4 is 15.7 Å². The van der Waals surface area contributed by atoms with Gasteiger partial charge in [0.15, 0.2) is 0 Å². The van der Waals surface area contributed by atoms with Crippen molar-refractivity contribution in [3.05, 3.63) is 88.3 Å². The van der Waals surface area contributed by atoms with Crippen molar-refractivity contribution in [2.24, 2.45) is 5.92 Å². The predicted molar refractivity (Wildman–Crippen MR) is 133 cm³/mol. The van der Waals surface area contributed by atoms with Gasteiger partial charge < -0.3 is 19.2 Å². The second-order valence-electron chi connectivity index (χ2n) is 8.86. The Hall–Kier alpha value is -4.13. The van der Waals surface area contributed by atoms with Crippen LogP contribution in [0.25, 0.3) is 21.7 Å². The lowest BCUT2D eigenvalue weighted by molar-refractivity contribution is -0.137. The number of fused-ring (bicyclic) bond motifs is 3. The van der Waals surface area contributed by atoms with E-state index in [2.05, 4.69) is 5.32 Å². The van der Waals surface area contributed by atoms with Gasteiger partial charge in [0.05, 0.1) is 5.39 Å². The van der Waals surface area contributed by atoms with Gasteiger partial charge in [-0.1, -0.05) is 62.4 Å². The minimum absolute atomic E-state index is 0.0903. The molecule has 0 saturated heterocycles. The Bertz CT molecular complexity index is 1420. The van der Waals surface area contributed by atoms with E-state index in [0.29, 0.717) is 17.4 Å². The number of amides is 1. The molecule has 35 heavy (non-hydrogen) atoms. The van der Waals surface area contributed by atoms with Crippen LogP contribution >= 0.6 is 0 Å². The van der Waals surface area contributed by atoms with Crippen LogP contribution in [-0.4, -0.2) is 18.1 Å². The number of carbonyl (C=O) groups excluding carboxylic acids is 2. The highest BCUT2D eigenvalue weighted by Gasteiger charge is 2.25. The SMILES string of the molecule is Cc1cc(OC(=O)C(CC(C)C)NC(=O)OCc2ccccc2)cc2oc(=O)c3ccccc3c12. The molecule has 180 valence electrons. The molecule has 0 radical (unpaired) electrons. The highest BCUT2D eigenvalue weighted by molar-refractivity contribution is 6.06. The van der Waals surface area contributed by atoms with Crippen molar-refractivity contribution >= 4 is 33.8 Å². The van der Waals surface area contributed by atoms with Crippen molar-refractivity contribution in [1.29, 1.82) is 0 Å². The van der Waals surface area contributed by atoms with E-state index in [-0.39, 0.29) is 18.3 Å². The molecule has 1 unspecified atom stereocenters. The molecule has 3 aromatic carbocycles. The van der Waals surface area contributed by atoms with Crippen LogP contribution in [0.2, 0.25) is 0 Å². The van der Waals surface area contributed by atoms with Crippen LogP contribution in [0, 0.1) is 12.8 Å². The first-order chi connectivity index (χ1) is 16.8. The molecule has 1 heterocycles. The van der Waals surface area contributed by atoms with Crippen molar-refractivity contribution in [3.8, 4) is 5.75 Å². The number of carbonyl (C=O) groups is 2. The van der Waals surface area contributed by atoms with Crippen LogP contribution in [0.15, 0.2) is 75.9 Å². The number of aryl methyl sites for hydroxylation is 1. The highest BCUT2D eigenvalue weighted by Crippen LogP contribution is 2.30. The zero-order chi connectivity index (χ0) is 24.9. The highest BCUT2D eigenvalue weighted by atomic mass is 16.6. The second-order valence-corrected chi connectivity index (χ2v) is 8.86. The summed E-state index contributed by atoms with van der Waals surface area (Å²) in [4.78, 5) is 37.8. The fraction of sp³-hybridized carbons (Fsp3) is 0.250. The van der Waals surface area contributed by atoms with Crippen LogP contribution in [0.3, 0.4) is 0 Å². The van der Waals surface area contributed by atoms with Crippen molar-refractivity contribution < 1.29 is 23.5 Å². The molecule has 7 nitrogen and oxygen atoms in total. The summed E-state index contributed by atoms with van der Waals surface area (Å²) in [6, 6.07) is 18.8. The summed E-state index contributed by atoms with van der Waals surface area (Å²) in [5.41, 5.74) is 1.50. The maximum absolute atomic E-state index is 13.0. The smallest absolute Gasteiger partial charge is 0.408 e. The monoisotopic (exact) mass is 473 g/mol. The molecular weight excluding hydrogens is 446 g/mol. The van der Waals surface area contributed by atoms with Gasteiger partial charge in [-0.2, -0.15) is 0 Å². The zero-order valence-electron chi connectivity index (χ0n) is 19.9. The first-order valence-corrected chi connectivity index (χ1v) is 11.5. The minimum atomic E-state index is -0.905. The molecule has 0 aliphatic rings. The molecule has 0 aliphatic heterocycles. The number of alkyl carbamates (subject to hydrolysis) is 1. The van der Waals surface area contributed by atoms with E-state index in [4.69, 9.17) is 13.9 Å². The molecule has 1 atom stereocenters. The summed E-state index contributed by atoms with van der Waals surface area (Å²) >= 11 is 0. The molecule has 0 bridgehead atoms. The first-order valence-electron chi connectivity index (χ1n) is 11.5. The molecule has 0 fully saturated rings. The fourth-order valence-corrected chi connectivity index (χ4v) is 4.02. The number of hydrogen-bond acceptors (Lipinski definition) is 6. The van der Waals surface area contributed by atoms with Crippen LogP contribution in [0.4, 0.5) is 4.79 Å². The van der Waals surface area contributed by atoms with E-state index in [1.54, 1.807) is 18.2 Å². The Morgan fingerprint density at radius 3 is 2.37 bits per heavy atom. The topological polar surface area (TPSA) is 94.8 Å². The number of benzene rings is 3. The summed E-state index contributed by atoms with van der Waals surface area (Å²) in [7, 11) is 0. The zero-order valence-corrected chi connectivity index (χ0v) is 19.9. The average Bonchev–Trinajstić information content (AvgIpc) is 2.82. The fourth-order valence-electron chi connectivity index (χ4n) is 4.02. The number of esters is 1. The van der Waals surface area contributed by atoms with Crippen LogP contribution in [0.5, 0.6) is 5.75 Å². The lowest BCUT2D eigenvalue weighted by Gasteiger charge is -2.19. The van der Waals surface area contributed by atoms with Gasteiger partial charge in [0.25, 0.3) is 0 Å². The molecule has 7 heteroatoms. The Kier molecular flexibility index (Phi) is 7.15. The molecule has 4 aromatic rings. The Labute approximate surface area is 202 Å². The standard InChI is InChI=1S/C28H27NO6/c1-17(2)13-23(29-28(32)33-16-19-9-5-4-6-10-19)27(31)34-20-14-18(3)25-21-11-7-8-12-22(21)26(30)35-24(25)15-20/h4-12,14-15,17,23H,13,16H2,1-3H3,(H,29,32). The van der Waals surface area contributed by atoms with Crippen molar-refractivity contribution in [3.63, 3.8) is 0 Å². The minimum Gasteiger partial charge on any atom is -0.445 e. The predicted octanol–water partition coefficient (Wildman–Crippen LogP) is 5.50. The van der Waals surface area contributed by atoms with Gasteiger partial charge in [-0.3, -0.25) is 0 Å². The van der Waals surface area contributed by atoms with E-state index in [9.17, 15) is 14.4 Å². The van der Waals surface area contributed by atoms with Crippen LogP contribution in [0.1, 0.15) is 31.4 Å². The third kappa shape index (κ3) is 5.69. The number of nitrogens with one attached hydrogen (secondary N) is 1. The average molecular weight is 474 g/mol. The molecule has 0 aliphatic carbocycles. The summed E-state index contributed by atoms with van der Waals surface area (Å²) in [6.07, 6.45) is -0.338. The third-order valence-electron chi connectivity index (χ3n) is 5.61. The lowest BCUT2D eigenvalue weighted by atomic mass is 10.0. The maximum atomic E-state index is 13.0. The molecule has 1 N–H and O–H groups in total. The second kappa shape index (κ2) is 10.4. The number of ether oxygens (including phenoxy) is 2. The molecule has 4 rings (SSSR count). The van der Waals surface area contributed by atoms with E-state index in [1.807, 2.05) is 63.2 Å². The van der Waals surface area contributed by atoms with Crippen molar-refractivity contribution in [1.82, 2.24) is 5.32 Å². The molecule has 0 saturated carbocycles. The van der Waals surface area contributed by atoms with E-state index < -0.39 is 23.7 Å². The van der Waals surface area contributed by atoms with Gasteiger partial charge in [0.2, 0.25) is 0 Å². The summed E-state index contributed by atoms with van der Waals surface area (Å²) in [5.74, 6) is -0.284. The maximum Gasteiger partial charge on any atom is 0.408 e. The van der Waals surface area contributed by atoms with E-state index >= 15 is 0 Å². The third-order valence-corrected chi connectivity index (χ3v) is 5.61. The van der Waals surface area contributed by atoms with Gasteiger partial charge in [0, 0.05) is 16.8 Å². The van der Waals surface area contributed by atoms with Gasteiger partial charge in [-0.05, 0) is 42.5 Å². The quantitative estimate of drug-likeness (QED) is 0.165. The van der Waals surface area contributed by atoms with Gasteiger partial charge in [0.1, 0.15) is 24.0 Å². The van der Waals surface area contributed by atoms with Crippen molar-refractivity contribution in [2.75, 3.05) is 0 Å². The molecule has 1 aromatic heterocycles. The van der Waals surface area contributed by atoms with E-state index in [0.717, 1.165) is 21.9 Å². The Morgan fingerprint density at radius 1 is 0.971 bits per heavy atom. The molecule has 0 spiro atoms. The van der Waals surface area contributed by atoms with Crippen molar-refractivity contribution in [2.45, 2.75) is 39.8 Å². The Morgan fingerprint density at radius 2 is 1.66 bits per heavy atom. The molecule has 1 amide bonds. The van der Waals surface area contributed by atoms with Crippen LogP contribution in [-0.2, 0) is 16.1 Å². The summed E-state index contributed by atoms with van der Waals surface area (Å²) < 4.78 is 16.4. The normalized spacial score (nSPS) is 12.0. The lowest BCUT2D eigenvalue weighted by Crippen LogP contribution is -2.44. The van der Waals surface area contributed by atoms with Gasteiger partial charge in [-0.15, -0.1) is 0 Å². The molecular formula is C28H27NO6. The van der Waals surface area contributed by atoms with E-state index in [1.165, 1.54) is 6.07 Å². The first kappa shape index (κ1) is 24.0.